The summed E-state index contributed by atoms with van der Waals surface area (Å²) in [4.78, 5) is 301. The summed E-state index contributed by atoms with van der Waals surface area (Å²) >= 11 is 5.11. The van der Waals surface area contributed by atoms with Crippen LogP contribution in [0.2, 0.25) is 0 Å². The molecule has 0 aliphatic carbocycles. The van der Waals surface area contributed by atoms with Crippen molar-refractivity contribution in [1.29, 1.82) is 10.8 Å². The van der Waals surface area contributed by atoms with Crippen molar-refractivity contribution in [3.63, 3.8) is 0 Å². The van der Waals surface area contributed by atoms with Gasteiger partial charge in [0.15, 0.2) is 11.9 Å². The minimum Gasteiger partial charge on any atom is -0.481 e. The second-order valence-corrected chi connectivity index (χ2v) is 36.6. The van der Waals surface area contributed by atoms with Crippen LogP contribution in [0, 0.1) is 34.5 Å². The third-order valence-electron chi connectivity index (χ3n) is 22.3. The molecular formula is C86H153N27O28S2. The first-order valence-electron chi connectivity index (χ1n) is 47.0. The van der Waals surface area contributed by atoms with Crippen molar-refractivity contribution in [3.8, 4) is 0 Å². The highest BCUT2D eigenvalue weighted by molar-refractivity contribution is 7.98. The number of carbonyl (C=O) groups excluding carboxylic acids is 18. The molecule has 57 heteroatoms. The number of unbranched alkanes of at least 4 members (excludes halogenated alkanes) is 2. The Kier molecular flexibility index (Phi) is 63.2. The molecular weight excluding hydrogens is 1920 g/mol. The van der Waals surface area contributed by atoms with Crippen molar-refractivity contribution in [2.45, 2.75) is 319 Å². The Hall–Kier alpha value is -12.6. The molecule has 0 heterocycles. The van der Waals surface area contributed by atoms with Crippen LogP contribution < -0.4 is 135 Å². The Balaban J connectivity index is 7.52. The zero-order valence-corrected chi connectivity index (χ0v) is 84.6. The molecule has 39 N–H and O–H groups in total. The van der Waals surface area contributed by atoms with Gasteiger partial charge in [-0.15, -0.1) is 0 Å². The van der Waals surface area contributed by atoms with Gasteiger partial charge in [0, 0.05) is 31.7 Å². The van der Waals surface area contributed by atoms with Gasteiger partial charge in [-0.25, -0.2) is 4.79 Å². The molecule has 55 nitrogen and oxygen atoms in total. The van der Waals surface area contributed by atoms with Gasteiger partial charge in [-0.2, -0.15) is 24.4 Å². The van der Waals surface area contributed by atoms with Gasteiger partial charge < -0.3 is 166 Å². The molecule has 0 spiro atoms. The molecule has 0 aromatic carbocycles. The highest BCUT2D eigenvalue weighted by Crippen LogP contribution is 2.18. The fourth-order valence-corrected chi connectivity index (χ4v) is 14.3. The van der Waals surface area contributed by atoms with E-state index in [0.717, 1.165) is 13.8 Å². The molecule has 0 aliphatic rings. The fourth-order valence-electron chi connectivity index (χ4n) is 13.6. The maximum Gasteiger partial charge on any atom is 0.327 e. The third-order valence-corrected chi connectivity index (χ3v) is 23.3. The van der Waals surface area contributed by atoms with Gasteiger partial charge in [0.25, 0.3) is 0 Å². The largest absolute Gasteiger partial charge is 0.481 e. The monoisotopic (exact) mass is 2080 g/mol. The smallest absolute Gasteiger partial charge is 0.327 e. The van der Waals surface area contributed by atoms with Gasteiger partial charge in [0.1, 0.15) is 96.7 Å². The van der Waals surface area contributed by atoms with Gasteiger partial charge in [-0.3, -0.25) is 112 Å². The van der Waals surface area contributed by atoms with Crippen LogP contribution >= 0.6 is 24.4 Å². The number of aliphatic carboxylic acids is 4. The number of aliphatic hydroxyl groups excluding tert-OH is 2. The number of rotatable bonds is 74. The van der Waals surface area contributed by atoms with Crippen LogP contribution in [0.5, 0.6) is 0 Å². The highest BCUT2D eigenvalue weighted by Gasteiger charge is 2.42. The molecule has 0 saturated carbocycles. The minimum absolute atomic E-state index is 0.0537. The van der Waals surface area contributed by atoms with Crippen molar-refractivity contribution >= 4 is 167 Å². The van der Waals surface area contributed by atoms with E-state index in [1.165, 1.54) is 32.5 Å². The Bertz CT molecular complexity index is 4270. The summed E-state index contributed by atoms with van der Waals surface area (Å²) in [5.41, 5.74) is 33.9. The number of aliphatic hydroxyl groups is 2. The summed E-state index contributed by atoms with van der Waals surface area (Å²) < 4.78 is 0. The van der Waals surface area contributed by atoms with E-state index in [2.05, 4.69) is 114 Å². The van der Waals surface area contributed by atoms with Crippen molar-refractivity contribution in [2.24, 2.45) is 58.1 Å². The number of primary amides is 1. The number of nitrogens with two attached hydrogens (primary N) is 6. The van der Waals surface area contributed by atoms with Crippen LogP contribution in [0.3, 0.4) is 0 Å². The first-order valence-corrected chi connectivity index (χ1v) is 49.1. The van der Waals surface area contributed by atoms with E-state index in [-0.39, 0.29) is 88.4 Å². The number of amides is 18. The number of nitrogens with one attached hydrogen (secondary N) is 21. The van der Waals surface area contributed by atoms with Gasteiger partial charge >= 0.3 is 23.9 Å². The molecule has 0 unspecified atom stereocenters. The van der Waals surface area contributed by atoms with Gasteiger partial charge in [0.05, 0.1) is 37.6 Å². The lowest BCUT2D eigenvalue weighted by Gasteiger charge is -2.30. The number of hydrogen-bond acceptors (Lipinski definition) is 31. The maximum atomic E-state index is 14.8. The molecule has 0 fully saturated rings. The van der Waals surface area contributed by atoms with E-state index >= 15 is 0 Å². The number of hydrogen-bond donors (Lipinski definition) is 34. The molecule has 18 amide bonds. The fraction of sp³-hybridized carbons (Fsp3) is 0.721. The molecule has 0 aliphatic heterocycles. The first kappa shape index (κ1) is 130. The Morgan fingerprint density at radius 1 is 0.350 bits per heavy atom. The number of thiol groups is 1. The topological polar surface area (TPSA) is 929 Å². The van der Waals surface area contributed by atoms with E-state index < -0.39 is 333 Å². The van der Waals surface area contributed by atoms with E-state index in [4.69, 9.17) is 45.2 Å². The van der Waals surface area contributed by atoms with Crippen LogP contribution in [0.4, 0.5) is 0 Å². The number of carboxylic acids is 4. The predicted molar refractivity (Wildman–Crippen MR) is 523 cm³/mol. The van der Waals surface area contributed by atoms with Crippen LogP contribution in [-0.2, 0) is 105 Å². The lowest BCUT2D eigenvalue weighted by Crippen LogP contribution is -2.64. The van der Waals surface area contributed by atoms with Gasteiger partial charge in [0.2, 0.25) is 106 Å². The molecule has 21 atom stereocenters. The second-order valence-electron chi connectivity index (χ2n) is 35.3. The molecule has 812 valence electrons. The zero-order valence-electron chi connectivity index (χ0n) is 82.9. The van der Waals surface area contributed by atoms with E-state index in [0.29, 0.717) is 32.2 Å². The second kappa shape index (κ2) is 69.3. The summed E-state index contributed by atoms with van der Waals surface area (Å²) in [5, 5.41) is 122. The zero-order chi connectivity index (χ0) is 109. The summed E-state index contributed by atoms with van der Waals surface area (Å²) in [6, 6.07) is -28.7. The molecule has 0 aromatic heterocycles. The Morgan fingerprint density at radius 2 is 0.685 bits per heavy atom. The summed E-state index contributed by atoms with van der Waals surface area (Å²) in [5.74, 6) is -30.3. The average molecular weight is 2080 g/mol. The van der Waals surface area contributed by atoms with E-state index in [9.17, 15) is 136 Å². The lowest BCUT2D eigenvalue weighted by atomic mass is 9.97. The lowest BCUT2D eigenvalue weighted by molar-refractivity contribution is -0.142. The highest BCUT2D eigenvalue weighted by atomic mass is 32.2. The van der Waals surface area contributed by atoms with Crippen molar-refractivity contribution in [3.05, 3.63) is 0 Å². The number of carbonyl (C=O) groups is 22. The van der Waals surface area contributed by atoms with Gasteiger partial charge in [-0.1, -0.05) is 74.7 Å². The molecule has 143 heavy (non-hydrogen) atoms. The third kappa shape index (κ3) is 52.3. The maximum absolute atomic E-state index is 14.8. The quantitative estimate of drug-likeness (QED) is 0.0116. The molecule has 0 rings (SSSR count). The molecule has 0 bridgehead atoms. The number of guanidine groups is 2. The van der Waals surface area contributed by atoms with E-state index in [1.54, 1.807) is 47.8 Å². The molecule has 0 aromatic rings. The number of carboxylic acid groups (broad SMARTS) is 4. The van der Waals surface area contributed by atoms with Crippen LogP contribution in [0.1, 0.15) is 205 Å². The first-order chi connectivity index (χ1) is 66.9. The van der Waals surface area contributed by atoms with Gasteiger partial charge in [-0.05, 0) is 153 Å². The standard InChI is InChI=1S/C86H153N27O28S2/c1-13-42(7)64(111-69(125)47(89)21-15-17-30-87)79(135)97-38-59(117)109-65(43(8)14-2)81(137)104-53(29-34-143-12)74(130)106-56(37-62(122)123)78(134)103-52(26-28-61(120)121)73(129)102-51(25-27-60(118)119)72(128)99-49(23-19-32-95-85(91)92)71(127)100-50(24-20-33-96-86(93)94)75(131)112-66(45(10)114)83(139)113-67(46(11)115)82(138)110-63(41(5)6)80(136)107-55(36-58(90)116)77(133)105-54(35-40(3)4)76(132)101-48(22-16-18-31-88)70(126)98-44(9)68(124)108-57(39-142)84(140)141/h40-57,63-67,114-115,142H,13-39,87-89H2,1-12H3,(H2,90,116)(H,97,135)(H,98,126)(H,99,128)(H,100,127)(H,101,132)(H,102,129)(H,103,134)(H,104,137)(H,105,133)(H,106,130)(H,107,136)(H,108,124)(H,109,117)(H,110,138)(H,111,125)(H,112,131)(H,113,139)(H,118,119)(H,120,121)(H,122,123)(H,140,141)(H4,91,92,95)(H4,93,94,96)/t42-,43-,44-,45+,46+,47-,48-,49-,50-,51-,52-,53-,54-,55-,56-,57-,63-,64-,65-,66-,67-/m0/s1. The SMILES string of the molecule is CC[C@H](C)[C@H](NC(=O)CNC(=O)[C@@H](NC(=O)[C@@H](N)CCCCN)[C@@H](C)CC)C(=O)N[C@@H](CCSC)C(=O)N[C@@H](CC(=O)O)C(=O)N[C@@H](CCC(=O)O)C(=O)N[C@@H](CCC(=O)O)C(=O)N[C@@H](CCCNC(=N)N)C(=O)N[C@@H](CCCNC(=N)N)C(=O)N[C@H](C(=O)N[C@H](C(=O)N[C@H](C(=O)N[C@@H](CC(N)=O)C(=O)N[C@@H](CC(C)C)C(=O)N[C@@H](CCCCN)C(=O)N[C@@H](C)C(=O)N[C@@H](CS)C(=O)O)C(C)C)[C@@H](C)O)[C@@H](C)O. The summed E-state index contributed by atoms with van der Waals surface area (Å²) in [6.07, 6.45) is -6.93. The normalized spacial score (nSPS) is 15.6. The molecule has 0 saturated heterocycles. The van der Waals surface area contributed by atoms with Crippen molar-refractivity contribution in [1.82, 2.24) is 101 Å². The van der Waals surface area contributed by atoms with Crippen LogP contribution in [-0.4, -0.2) is 338 Å². The molecule has 0 radical (unpaired) electrons. The van der Waals surface area contributed by atoms with Crippen LogP contribution in [0.15, 0.2) is 0 Å². The van der Waals surface area contributed by atoms with Crippen molar-refractivity contribution < 1.29 is 136 Å². The number of thioether (sulfide) groups is 1. The minimum atomic E-state index is -2.16. The van der Waals surface area contributed by atoms with Crippen molar-refractivity contribution in [2.75, 3.05) is 50.5 Å². The summed E-state index contributed by atoms with van der Waals surface area (Å²) in [6.45, 7) is 15.6. The Labute approximate surface area is 838 Å². The Morgan fingerprint density at radius 3 is 1.08 bits per heavy atom. The average Bonchev–Trinajstić information content (AvgIpc) is 0.835. The van der Waals surface area contributed by atoms with E-state index in [1.807, 2.05) is 0 Å². The summed E-state index contributed by atoms with van der Waals surface area (Å²) in [7, 11) is 0. The van der Waals surface area contributed by atoms with Crippen LogP contribution in [0.25, 0.3) is 0 Å². The predicted octanol–water partition coefficient (Wildman–Crippen LogP) is -9.61.